The average Bonchev–Trinajstić information content (AvgIpc) is 3.35. The molecule has 0 aliphatic rings. The van der Waals surface area contributed by atoms with E-state index in [1.165, 1.54) is 7.05 Å². The summed E-state index contributed by atoms with van der Waals surface area (Å²) in [5.41, 5.74) is 1.34. The molecule has 2 aromatic carbocycles. The maximum Gasteiger partial charge on any atom is 0.305 e. The second-order valence-corrected chi connectivity index (χ2v) is 6.63. The quantitative estimate of drug-likeness (QED) is 0.466. The summed E-state index contributed by atoms with van der Waals surface area (Å²) < 4.78 is 33.5. The molecule has 1 amide bonds. The lowest BCUT2D eigenvalue weighted by atomic mass is 10.1. The molecule has 3 aromatic rings. The molecule has 7 heteroatoms. The van der Waals surface area contributed by atoms with Crippen LogP contribution < -0.4 is 4.74 Å². The van der Waals surface area contributed by atoms with Crippen LogP contribution in [0.5, 0.6) is 5.75 Å². The fraction of sp³-hybridized carbons (Fsp3) is 0.250. The lowest BCUT2D eigenvalue weighted by Crippen LogP contribution is -2.26. The molecule has 0 aliphatic carbocycles. The van der Waals surface area contributed by atoms with Crippen molar-refractivity contribution in [1.29, 1.82) is 0 Å². The smallest absolute Gasteiger partial charge is 0.305 e. The molecular weight excluding hydrogens is 398 g/mol. The first-order valence-electron chi connectivity index (χ1n) is 10.7. The highest BCUT2D eigenvalue weighted by Gasteiger charge is 2.15. The molecule has 1 aromatic heterocycles. The number of carbonyl (C=O) groups is 2. The summed E-state index contributed by atoms with van der Waals surface area (Å²) in [7, 11) is 1.40. The summed E-state index contributed by atoms with van der Waals surface area (Å²) in [5.74, 6) is -0.483. The summed E-state index contributed by atoms with van der Waals surface area (Å²) in [4.78, 5) is 24.6. The number of hydrogen-bond acceptors (Lipinski definition) is 5. The first kappa shape index (κ1) is 19.4. The van der Waals surface area contributed by atoms with E-state index in [9.17, 15) is 9.59 Å². The van der Waals surface area contributed by atoms with Gasteiger partial charge in [-0.1, -0.05) is 30.3 Å². The second kappa shape index (κ2) is 11.0. The highest BCUT2D eigenvalue weighted by atomic mass is 16.5. The van der Waals surface area contributed by atoms with Gasteiger partial charge in [0.2, 0.25) is 0 Å². The van der Waals surface area contributed by atoms with Gasteiger partial charge in [-0.15, -0.1) is 0 Å². The number of aliphatic carboxylic acids is 1. The molecular formula is C24H25NO6. The minimum Gasteiger partial charge on any atom is -0.491 e. The number of ether oxygens (including phenoxy) is 2. The lowest BCUT2D eigenvalue weighted by Gasteiger charge is -2.19. The van der Waals surface area contributed by atoms with Crippen LogP contribution in [0.4, 0.5) is 0 Å². The van der Waals surface area contributed by atoms with E-state index in [-0.39, 0.29) is 37.6 Å². The highest BCUT2D eigenvalue weighted by Crippen LogP contribution is 2.22. The molecule has 0 radical (unpaired) electrons. The van der Waals surface area contributed by atoms with E-state index in [1.54, 1.807) is 60.9 Å². The van der Waals surface area contributed by atoms with Crippen molar-refractivity contribution in [3.05, 3.63) is 78.1 Å². The number of hydrogen-bond donors (Lipinski definition) is 1. The molecule has 0 fully saturated rings. The molecule has 3 rings (SSSR count). The van der Waals surface area contributed by atoms with E-state index in [0.717, 1.165) is 10.5 Å². The van der Waals surface area contributed by atoms with Crippen molar-refractivity contribution in [2.24, 2.45) is 0 Å². The standard InChI is InChI=1S/C24H25NO6/c1-25(24(28)19-10-8-18(9-11-19)21-7-4-13-30-21)17-20-5-2-3-6-22(20)31-16-15-29-14-12-23(26)27/h2-11,13H,12,14-17H2,1H3,(H,26,27)/i17D2. The van der Waals surface area contributed by atoms with E-state index >= 15 is 0 Å². The first-order valence-corrected chi connectivity index (χ1v) is 9.74. The number of rotatable bonds is 11. The van der Waals surface area contributed by atoms with Gasteiger partial charge >= 0.3 is 5.97 Å². The number of para-hydroxylation sites is 1. The first-order chi connectivity index (χ1) is 15.8. The van der Waals surface area contributed by atoms with Crippen LogP contribution in [-0.2, 0) is 16.0 Å². The Morgan fingerprint density at radius 3 is 2.52 bits per heavy atom. The summed E-state index contributed by atoms with van der Waals surface area (Å²) >= 11 is 0. The molecule has 0 aliphatic heterocycles. The van der Waals surface area contributed by atoms with E-state index in [2.05, 4.69) is 0 Å². The van der Waals surface area contributed by atoms with Crippen LogP contribution in [0.1, 0.15) is 25.1 Å². The Balaban J connectivity index is 1.68. The van der Waals surface area contributed by atoms with Crippen molar-refractivity contribution in [2.45, 2.75) is 12.9 Å². The van der Waals surface area contributed by atoms with Crippen LogP contribution in [0.15, 0.2) is 71.3 Å². The van der Waals surface area contributed by atoms with Crippen molar-refractivity contribution in [3.8, 4) is 17.1 Å². The van der Waals surface area contributed by atoms with Crippen LogP contribution in [-0.4, -0.2) is 48.8 Å². The Morgan fingerprint density at radius 2 is 1.81 bits per heavy atom. The van der Waals surface area contributed by atoms with E-state index in [0.29, 0.717) is 11.3 Å². The zero-order valence-corrected chi connectivity index (χ0v) is 17.1. The zero-order chi connectivity index (χ0) is 23.8. The summed E-state index contributed by atoms with van der Waals surface area (Å²) in [6.07, 6.45) is 1.47. The van der Waals surface area contributed by atoms with Crippen LogP contribution in [0, 0.1) is 0 Å². The maximum atomic E-state index is 13.0. The number of carboxylic acid groups (broad SMARTS) is 1. The molecule has 1 heterocycles. The van der Waals surface area contributed by atoms with Crippen LogP contribution in [0.3, 0.4) is 0 Å². The Kier molecular flexibility index (Phi) is 6.87. The number of nitrogens with zero attached hydrogens (tertiary/aromatic N) is 1. The summed E-state index contributed by atoms with van der Waals surface area (Å²) in [6, 6.07) is 16.9. The molecule has 31 heavy (non-hydrogen) atoms. The highest BCUT2D eigenvalue weighted by molar-refractivity contribution is 5.94. The largest absolute Gasteiger partial charge is 0.491 e. The average molecular weight is 425 g/mol. The Labute approximate surface area is 183 Å². The predicted molar refractivity (Wildman–Crippen MR) is 115 cm³/mol. The van der Waals surface area contributed by atoms with Gasteiger partial charge in [-0.3, -0.25) is 9.59 Å². The van der Waals surface area contributed by atoms with Crippen LogP contribution in [0.25, 0.3) is 11.3 Å². The molecule has 0 atom stereocenters. The number of carbonyl (C=O) groups excluding carboxylic acids is 1. The SMILES string of the molecule is [2H]C([2H])(c1ccccc1OCCOCCC(=O)O)N(C)C(=O)c1ccc(-c2ccco2)cc1. The molecule has 162 valence electrons. The van der Waals surface area contributed by atoms with Crippen LogP contribution >= 0.6 is 0 Å². The van der Waals surface area contributed by atoms with Gasteiger partial charge in [-0.2, -0.15) is 0 Å². The van der Waals surface area contributed by atoms with E-state index in [4.69, 9.17) is 21.7 Å². The van der Waals surface area contributed by atoms with Gasteiger partial charge in [0.25, 0.3) is 5.91 Å². The normalized spacial score (nSPS) is 12.0. The number of carboxylic acids is 1. The summed E-state index contributed by atoms with van der Waals surface area (Å²) in [6.45, 7) is -1.82. The van der Waals surface area contributed by atoms with Gasteiger partial charge in [0.05, 0.1) is 28.6 Å². The van der Waals surface area contributed by atoms with Crippen molar-refractivity contribution in [2.75, 3.05) is 26.9 Å². The second-order valence-electron chi connectivity index (χ2n) is 6.63. The van der Waals surface area contributed by atoms with Crippen LogP contribution in [0.2, 0.25) is 0 Å². The lowest BCUT2D eigenvalue weighted by molar-refractivity contribution is -0.138. The molecule has 1 N–H and O–H groups in total. The van der Waals surface area contributed by atoms with Crippen molar-refractivity contribution >= 4 is 11.9 Å². The predicted octanol–water partition coefficient (Wildman–Crippen LogP) is 4.09. The molecule has 7 nitrogen and oxygen atoms in total. The molecule has 0 saturated heterocycles. The Bertz CT molecular complexity index is 1070. The van der Waals surface area contributed by atoms with Gasteiger partial charge in [0.1, 0.15) is 18.1 Å². The topological polar surface area (TPSA) is 89.2 Å². The molecule has 0 unspecified atom stereocenters. The van der Waals surface area contributed by atoms with E-state index in [1.807, 2.05) is 6.07 Å². The maximum absolute atomic E-state index is 13.0. The van der Waals surface area contributed by atoms with Gasteiger partial charge < -0.3 is 23.9 Å². The third kappa shape index (κ3) is 6.45. The van der Waals surface area contributed by atoms with Gasteiger partial charge in [-0.25, -0.2) is 0 Å². The molecule has 0 spiro atoms. The van der Waals surface area contributed by atoms with Gasteiger partial charge in [-0.05, 0) is 30.3 Å². The van der Waals surface area contributed by atoms with Gasteiger partial charge in [0.15, 0.2) is 0 Å². The number of benzene rings is 2. The monoisotopic (exact) mass is 425 g/mol. The van der Waals surface area contributed by atoms with Crippen molar-refractivity contribution in [1.82, 2.24) is 4.90 Å². The van der Waals surface area contributed by atoms with Crippen molar-refractivity contribution in [3.63, 3.8) is 0 Å². The third-order valence-corrected chi connectivity index (χ3v) is 4.36. The minimum atomic E-state index is -2.16. The number of furan rings is 1. The minimum absolute atomic E-state index is 0.0666. The fourth-order valence-corrected chi connectivity index (χ4v) is 2.80. The number of amides is 1. The van der Waals surface area contributed by atoms with Crippen molar-refractivity contribution < 1.29 is 31.3 Å². The zero-order valence-electron chi connectivity index (χ0n) is 19.1. The Morgan fingerprint density at radius 1 is 1.03 bits per heavy atom. The van der Waals surface area contributed by atoms with Gasteiger partial charge in [0, 0.05) is 30.2 Å². The fourth-order valence-electron chi connectivity index (χ4n) is 2.80. The molecule has 0 bridgehead atoms. The summed E-state index contributed by atoms with van der Waals surface area (Å²) in [5, 5.41) is 8.62. The Hall–Kier alpha value is -3.58. The third-order valence-electron chi connectivity index (χ3n) is 4.36. The van der Waals surface area contributed by atoms with E-state index < -0.39 is 18.4 Å². The molecule has 0 saturated carbocycles.